The van der Waals surface area contributed by atoms with Crippen LogP contribution in [0, 0.1) is 6.92 Å². The number of aryl methyl sites for hydroxylation is 1. The van der Waals surface area contributed by atoms with Gasteiger partial charge in [-0.05, 0) is 25.1 Å². The van der Waals surface area contributed by atoms with E-state index in [1.165, 1.54) is 17.4 Å². The minimum absolute atomic E-state index is 0.271. The lowest BCUT2D eigenvalue weighted by atomic mass is 10.2. The summed E-state index contributed by atoms with van der Waals surface area (Å²) >= 11 is 1.26. The highest BCUT2D eigenvalue weighted by molar-refractivity contribution is 7.22. The highest BCUT2D eigenvalue weighted by Crippen LogP contribution is 2.34. The third kappa shape index (κ3) is 2.97. The predicted molar refractivity (Wildman–Crippen MR) is 71.0 cm³/mol. The number of hydrogen-bond acceptors (Lipinski definition) is 6. The first-order valence-electron chi connectivity index (χ1n) is 5.93. The molecule has 0 aliphatic heterocycles. The molecule has 3 aromatic rings. The van der Waals surface area contributed by atoms with E-state index in [9.17, 15) is 13.2 Å². The van der Waals surface area contributed by atoms with Gasteiger partial charge in [0.25, 0.3) is 0 Å². The molecule has 110 valence electrons. The Balaban J connectivity index is 1.80. The number of hydrogen-bond donors (Lipinski definition) is 1. The molecule has 0 aliphatic rings. The van der Waals surface area contributed by atoms with E-state index in [2.05, 4.69) is 20.4 Å². The Labute approximate surface area is 120 Å². The minimum Gasteiger partial charge on any atom is -0.352 e. The summed E-state index contributed by atoms with van der Waals surface area (Å²) in [6, 6.07) is 3.50. The van der Waals surface area contributed by atoms with Gasteiger partial charge in [-0.1, -0.05) is 16.5 Å². The number of anilines is 1. The summed E-state index contributed by atoms with van der Waals surface area (Å²) in [5.41, 5.74) is -0.404. The molecule has 3 rings (SSSR count). The second-order valence-electron chi connectivity index (χ2n) is 4.29. The maximum absolute atomic E-state index is 12.6. The Bertz CT molecular complexity index is 780. The van der Waals surface area contributed by atoms with Gasteiger partial charge < -0.3 is 9.84 Å². The quantitative estimate of drug-likeness (QED) is 0.800. The van der Waals surface area contributed by atoms with Crippen molar-refractivity contribution >= 4 is 26.7 Å². The van der Waals surface area contributed by atoms with Crippen LogP contribution in [0.15, 0.2) is 22.7 Å². The SMILES string of the molecule is Cc1noc(CNc2nc3cc(C(F)(F)F)ccc3s2)n1. The third-order valence-corrected chi connectivity index (χ3v) is 3.67. The van der Waals surface area contributed by atoms with Gasteiger partial charge in [-0.2, -0.15) is 18.2 Å². The normalized spacial score (nSPS) is 12.0. The van der Waals surface area contributed by atoms with E-state index in [0.717, 1.165) is 12.1 Å². The van der Waals surface area contributed by atoms with Crippen LogP contribution in [0.2, 0.25) is 0 Å². The van der Waals surface area contributed by atoms with Crippen LogP contribution in [-0.4, -0.2) is 15.1 Å². The number of nitrogens with one attached hydrogen (secondary N) is 1. The Morgan fingerprint density at radius 1 is 1.29 bits per heavy atom. The van der Waals surface area contributed by atoms with E-state index >= 15 is 0 Å². The smallest absolute Gasteiger partial charge is 0.352 e. The standard InChI is InChI=1S/C12H9F3N4OS/c1-6-17-10(20-19-6)5-16-11-18-8-4-7(12(13,14)15)2-3-9(8)21-11/h2-4H,5H2,1H3,(H,16,18). The van der Waals surface area contributed by atoms with Crippen LogP contribution in [0.1, 0.15) is 17.3 Å². The van der Waals surface area contributed by atoms with E-state index in [4.69, 9.17) is 4.52 Å². The van der Waals surface area contributed by atoms with Crippen molar-refractivity contribution in [2.75, 3.05) is 5.32 Å². The predicted octanol–water partition coefficient (Wildman–Crippen LogP) is 3.62. The molecule has 0 spiro atoms. The van der Waals surface area contributed by atoms with E-state index in [1.807, 2.05) is 0 Å². The summed E-state index contributed by atoms with van der Waals surface area (Å²) in [5, 5.41) is 7.09. The Kier molecular flexibility index (Phi) is 3.28. The van der Waals surface area contributed by atoms with Gasteiger partial charge in [0.05, 0.1) is 22.3 Å². The molecule has 0 atom stereocenters. The second kappa shape index (κ2) is 4.99. The zero-order valence-corrected chi connectivity index (χ0v) is 11.5. The van der Waals surface area contributed by atoms with Gasteiger partial charge in [0, 0.05) is 0 Å². The second-order valence-corrected chi connectivity index (χ2v) is 5.32. The molecule has 9 heteroatoms. The van der Waals surface area contributed by atoms with Crippen molar-refractivity contribution in [2.24, 2.45) is 0 Å². The molecule has 21 heavy (non-hydrogen) atoms. The molecular weight excluding hydrogens is 305 g/mol. The van der Waals surface area contributed by atoms with Crippen molar-refractivity contribution in [1.82, 2.24) is 15.1 Å². The summed E-state index contributed by atoms with van der Waals surface area (Å²) in [5.74, 6) is 0.911. The number of fused-ring (bicyclic) bond motifs is 1. The first-order chi connectivity index (χ1) is 9.91. The number of rotatable bonds is 3. The average molecular weight is 314 g/mol. The highest BCUT2D eigenvalue weighted by atomic mass is 32.1. The summed E-state index contributed by atoms with van der Waals surface area (Å²) in [4.78, 5) is 8.14. The molecule has 2 aromatic heterocycles. The van der Waals surface area contributed by atoms with Gasteiger partial charge in [0.15, 0.2) is 11.0 Å². The van der Waals surface area contributed by atoms with Crippen molar-refractivity contribution in [1.29, 1.82) is 0 Å². The minimum atomic E-state index is -4.37. The van der Waals surface area contributed by atoms with E-state index in [-0.39, 0.29) is 6.54 Å². The maximum atomic E-state index is 12.6. The molecule has 0 saturated heterocycles. The molecule has 0 fully saturated rings. The Morgan fingerprint density at radius 3 is 2.76 bits per heavy atom. The van der Waals surface area contributed by atoms with Crippen molar-refractivity contribution < 1.29 is 17.7 Å². The zero-order valence-electron chi connectivity index (χ0n) is 10.7. The molecule has 0 amide bonds. The first kappa shape index (κ1) is 13.8. The molecular formula is C12H9F3N4OS. The van der Waals surface area contributed by atoms with Gasteiger partial charge in [-0.3, -0.25) is 0 Å². The van der Waals surface area contributed by atoms with Gasteiger partial charge in [-0.25, -0.2) is 4.98 Å². The summed E-state index contributed by atoms with van der Waals surface area (Å²) in [6.45, 7) is 1.97. The van der Waals surface area contributed by atoms with Crippen LogP contribution >= 0.6 is 11.3 Å². The zero-order chi connectivity index (χ0) is 15.0. The maximum Gasteiger partial charge on any atom is 0.416 e. The van der Waals surface area contributed by atoms with Crippen LogP contribution in [0.4, 0.5) is 18.3 Å². The summed E-state index contributed by atoms with van der Waals surface area (Å²) in [6.07, 6.45) is -4.37. The number of nitrogens with zero attached hydrogens (tertiary/aromatic N) is 3. The van der Waals surface area contributed by atoms with Crippen molar-refractivity contribution in [2.45, 2.75) is 19.6 Å². The first-order valence-corrected chi connectivity index (χ1v) is 6.74. The van der Waals surface area contributed by atoms with Crippen LogP contribution in [0.3, 0.4) is 0 Å². The van der Waals surface area contributed by atoms with Crippen LogP contribution in [0.25, 0.3) is 10.2 Å². The van der Waals surface area contributed by atoms with E-state index in [1.54, 1.807) is 6.92 Å². The average Bonchev–Trinajstić information content (AvgIpc) is 2.99. The van der Waals surface area contributed by atoms with E-state index < -0.39 is 11.7 Å². The Morgan fingerprint density at radius 2 is 2.10 bits per heavy atom. The fourth-order valence-corrected chi connectivity index (χ4v) is 2.58. The molecule has 0 saturated carbocycles. The van der Waals surface area contributed by atoms with Crippen LogP contribution in [0.5, 0.6) is 0 Å². The lowest BCUT2D eigenvalue weighted by Gasteiger charge is -2.04. The molecule has 0 bridgehead atoms. The van der Waals surface area contributed by atoms with E-state index in [0.29, 0.717) is 27.1 Å². The highest BCUT2D eigenvalue weighted by Gasteiger charge is 2.30. The fourth-order valence-electron chi connectivity index (χ4n) is 1.74. The van der Waals surface area contributed by atoms with Crippen molar-refractivity contribution in [3.05, 3.63) is 35.5 Å². The Hall–Kier alpha value is -2.16. The number of alkyl halides is 3. The van der Waals surface area contributed by atoms with Crippen LogP contribution in [-0.2, 0) is 12.7 Å². The third-order valence-electron chi connectivity index (χ3n) is 2.68. The topological polar surface area (TPSA) is 63.8 Å². The molecule has 0 radical (unpaired) electrons. The number of thiazole rings is 1. The fraction of sp³-hybridized carbons (Fsp3) is 0.250. The van der Waals surface area contributed by atoms with Gasteiger partial charge in [0.2, 0.25) is 5.89 Å². The van der Waals surface area contributed by atoms with Crippen molar-refractivity contribution in [3.8, 4) is 0 Å². The van der Waals surface area contributed by atoms with Gasteiger partial charge in [-0.15, -0.1) is 0 Å². The molecule has 2 heterocycles. The monoisotopic (exact) mass is 314 g/mol. The number of aromatic nitrogens is 3. The van der Waals surface area contributed by atoms with Crippen LogP contribution < -0.4 is 5.32 Å². The molecule has 1 N–H and O–H groups in total. The lowest BCUT2D eigenvalue weighted by molar-refractivity contribution is -0.137. The summed E-state index contributed by atoms with van der Waals surface area (Å²) < 4.78 is 43.5. The lowest BCUT2D eigenvalue weighted by Crippen LogP contribution is -2.04. The van der Waals surface area contributed by atoms with Crippen molar-refractivity contribution in [3.63, 3.8) is 0 Å². The number of halogens is 3. The summed E-state index contributed by atoms with van der Waals surface area (Å²) in [7, 11) is 0. The molecule has 1 aromatic carbocycles. The largest absolute Gasteiger partial charge is 0.416 e. The molecule has 5 nitrogen and oxygen atoms in total. The molecule has 0 aliphatic carbocycles. The van der Waals surface area contributed by atoms with Gasteiger partial charge >= 0.3 is 6.18 Å². The number of benzene rings is 1. The van der Waals surface area contributed by atoms with Gasteiger partial charge in [0.1, 0.15) is 0 Å². The molecule has 0 unspecified atom stereocenters.